The normalized spacial score (nSPS) is 12.3. The third kappa shape index (κ3) is 2.31. The number of hydrogen-bond acceptors (Lipinski definition) is 2. The van der Waals surface area contributed by atoms with Gasteiger partial charge in [-0.3, -0.25) is 9.98 Å². The van der Waals surface area contributed by atoms with Crippen molar-refractivity contribution in [2.75, 3.05) is 0 Å². The summed E-state index contributed by atoms with van der Waals surface area (Å²) >= 11 is 0. The maximum Gasteiger partial charge on any atom is 0.0445 e. The van der Waals surface area contributed by atoms with Gasteiger partial charge in [0.15, 0.2) is 0 Å². The Labute approximate surface area is 72.7 Å². The minimum atomic E-state index is 1.01. The first-order valence-electron chi connectivity index (χ1n) is 3.90. The molecule has 62 valence electrons. The minimum Gasteiger partial charge on any atom is -0.265 e. The number of allylic oxidation sites excluding steroid dienone is 1. The van der Waals surface area contributed by atoms with E-state index < -0.39 is 0 Å². The summed E-state index contributed by atoms with van der Waals surface area (Å²) in [5, 5.41) is 0. The Kier molecular flexibility index (Phi) is 3.20. The molecule has 2 nitrogen and oxygen atoms in total. The first kappa shape index (κ1) is 8.65. The van der Waals surface area contributed by atoms with E-state index in [-0.39, 0.29) is 0 Å². The van der Waals surface area contributed by atoms with Gasteiger partial charge in [-0.05, 0) is 31.5 Å². The Bertz CT molecular complexity index is 286. The smallest absolute Gasteiger partial charge is 0.0445 e. The Morgan fingerprint density at radius 2 is 2.08 bits per heavy atom. The highest BCUT2D eigenvalue weighted by Crippen LogP contribution is 1.98. The van der Waals surface area contributed by atoms with Gasteiger partial charge in [-0.15, -0.1) is 0 Å². The van der Waals surface area contributed by atoms with Crippen LogP contribution in [0.4, 0.5) is 0 Å². The minimum absolute atomic E-state index is 1.01. The van der Waals surface area contributed by atoms with E-state index in [0.717, 1.165) is 11.3 Å². The second kappa shape index (κ2) is 4.44. The van der Waals surface area contributed by atoms with Crippen LogP contribution >= 0.6 is 0 Å². The molecule has 0 aliphatic rings. The summed E-state index contributed by atoms with van der Waals surface area (Å²) in [6, 6.07) is 3.89. The zero-order chi connectivity index (χ0) is 8.81. The number of aromatic nitrogens is 1. The van der Waals surface area contributed by atoms with Crippen molar-refractivity contribution in [3.8, 4) is 0 Å². The molecule has 0 bridgehead atoms. The molecule has 1 aromatic rings. The van der Waals surface area contributed by atoms with E-state index in [1.54, 1.807) is 18.6 Å². The third-order valence-corrected chi connectivity index (χ3v) is 1.52. The van der Waals surface area contributed by atoms with Gasteiger partial charge in [0.05, 0.1) is 0 Å². The fraction of sp³-hybridized carbons (Fsp3) is 0.200. The number of nitrogens with zero attached hydrogens (tertiary/aromatic N) is 2. The van der Waals surface area contributed by atoms with Crippen LogP contribution in [0.5, 0.6) is 0 Å². The van der Waals surface area contributed by atoms with Gasteiger partial charge in [0, 0.05) is 24.3 Å². The lowest BCUT2D eigenvalue weighted by Gasteiger charge is -1.96. The summed E-state index contributed by atoms with van der Waals surface area (Å²) in [6.45, 7) is 3.93. The highest BCUT2D eigenvalue weighted by Gasteiger charge is 1.92. The van der Waals surface area contributed by atoms with E-state index in [4.69, 9.17) is 0 Å². The molecule has 0 amide bonds. The lowest BCUT2D eigenvalue weighted by atomic mass is 10.2. The fourth-order valence-corrected chi connectivity index (χ4v) is 0.854. The highest BCUT2D eigenvalue weighted by atomic mass is 14.7. The summed E-state index contributed by atoms with van der Waals surface area (Å²) in [5.41, 5.74) is 2.12. The lowest BCUT2D eigenvalue weighted by molar-refractivity contribution is 1.31. The first-order chi connectivity index (χ1) is 5.84. The summed E-state index contributed by atoms with van der Waals surface area (Å²) in [5.74, 6) is 0. The molecule has 2 heteroatoms. The van der Waals surface area contributed by atoms with Crippen LogP contribution in [-0.4, -0.2) is 10.7 Å². The molecule has 0 radical (unpaired) electrons. The van der Waals surface area contributed by atoms with Crippen LogP contribution in [0, 0.1) is 0 Å². The van der Waals surface area contributed by atoms with Gasteiger partial charge in [-0.2, -0.15) is 0 Å². The largest absolute Gasteiger partial charge is 0.265 e. The molecule has 0 spiro atoms. The van der Waals surface area contributed by atoms with E-state index >= 15 is 0 Å². The van der Waals surface area contributed by atoms with E-state index in [9.17, 15) is 0 Å². The van der Waals surface area contributed by atoms with Crippen molar-refractivity contribution in [1.82, 2.24) is 4.98 Å². The Balaban J connectivity index is 2.85. The number of pyridine rings is 1. The molecular formula is C10H12N2. The molecule has 0 aliphatic carbocycles. The molecule has 0 aromatic carbocycles. The van der Waals surface area contributed by atoms with Crippen LogP contribution in [-0.2, 0) is 0 Å². The van der Waals surface area contributed by atoms with Gasteiger partial charge >= 0.3 is 0 Å². The quantitative estimate of drug-likeness (QED) is 0.610. The molecule has 0 unspecified atom stereocenters. The predicted octanol–water partition coefficient (Wildman–Crippen LogP) is 2.42. The van der Waals surface area contributed by atoms with Crippen LogP contribution < -0.4 is 0 Å². The maximum absolute atomic E-state index is 4.22. The first-order valence-corrected chi connectivity index (χ1v) is 3.90. The van der Waals surface area contributed by atoms with Gasteiger partial charge in [0.2, 0.25) is 0 Å². The van der Waals surface area contributed by atoms with Crippen LogP contribution in [0.25, 0.3) is 0 Å². The van der Waals surface area contributed by atoms with Gasteiger partial charge < -0.3 is 0 Å². The molecule has 0 aliphatic heterocycles. The summed E-state index contributed by atoms with van der Waals surface area (Å²) < 4.78 is 0. The average molecular weight is 160 g/mol. The van der Waals surface area contributed by atoms with Crippen LogP contribution in [0.3, 0.4) is 0 Å². The number of aliphatic imine (C=N–C) groups is 1. The topological polar surface area (TPSA) is 25.2 Å². The van der Waals surface area contributed by atoms with E-state index in [2.05, 4.69) is 9.98 Å². The van der Waals surface area contributed by atoms with Gasteiger partial charge in [-0.1, -0.05) is 6.08 Å². The predicted molar refractivity (Wildman–Crippen MR) is 51.3 cm³/mol. The molecule has 0 saturated heterocycles. The van der Waals surface area contributed by atoms with Crippen molar-refractivity contribution in [1.29, 1.82) is 0 Å². The van der Waals surface area contributed by atoms with Crippen molar-refractivity contribution >= 4 is 5.71 Å². The molecule has 1 heterocycles. The standard InChI is InChI=1S/C10H12N2/c1-3-6-12-9(2)10-4-7-11-8-5-10/h3-8H,1-2H3/b6-3-,12-9?. The molecule has 0 N–H and O–H groups in total. The molecule has 0 fully saturated rings. The third-order valence-electron chi connectivity index (χ3n) is 1.52. The second-order valence-corrected chi connectivity index (χ2v) is 2.43. The number of rotatable bonds is 2. The van der Waals surface area contributed by atoms with Crippen molar-refractivity contribution in [2.45, 2.75) is 13.8 Å². The highest BCUT2D eigenvalue weighted by molar-refractivity contribution is 5.98. The summed E-state index contributed by atoms with van der Waals surface area (Å²) in [7, 11) is 0. The van der Waals surface area contributed by atoms with Crippen molar-refractivity contribution in [3.05, 3.63) is 42.4 Å². The Morgan fingerprint density at radius 3 is 2.67 bits per heavy atom. The Morgan fingerprint density at radius 1 is 1.42 bits per heavy atom. The van der Waals surface area contributed by atoms with Gasteiger partial charge in [0.1, 0.15) is 0 Å². The molecule has 12 heavy (non-hydrogen) atoms. The van der Waals surface area contributed by atoms with Gasteiger partial charge in [-0.25, -0.2) is 0 Å². The molecule has 0 atom stereocenters. The zero-order valence-electron chi connectivity index (χ0n) is 7.36. The van der Waals surface area contributed by atoms with Crippen LogP contribution in [0.1, 0.15) is 19.4 Å². The average Bonchev–Trinajstić information content (AvgIpc) is 2.15. The lowest BCUT2D eigenvalue weighted by Crippen LogP contribution is -1.92. The van der Waals surface area contributed by atoms with Crippen molar-refractivity contribution < 1.29 is 0 Å². The van der Waals surface area contributed by atoms with Crippen LogP contribution in [0.15, 0.2) is 41.8 Å². The van der Waals surface area contributed by atoms with E-state index in [0.29, 0.717) is 0 Å². The zero-order valence-corrected chi connectivity index (χ0v) is 7.36. The van der Waals surface area contributed by atoms with Crippen molar-refractivity contribution in [3.63, 3.8) is 0 Å². The number of hydrogen-bond donors (Lipinski definition) is 0. The molecule has 1 aromatic heterocycles. The van der Waals surface area contributed by atoms with Crippen molar-refractivity contribution in [2.24, 2.45) is 4.99 Å². The monoisotopic (exact) mass is 160 g/mol. The van der Waals surface area contributed by atoms with Crippen LogP contribution in [0.2, 0.25) is 0 Å². The maximum atomic E-state index is 4.22. The van der Waals surface area contributed by atoms with Gasteiger partial charge in [0.25, 0.3) is 0 Å². The van der Waals surface area contributed by atoms with E-state index in [1.807, 2.05) is 32.1 Å². The van der Waals surface area contributed by atoms with E-state index in [1.165, 1.54) is 0 Å². The Hall–Kier alpha value is -1.44. The second-order valence-electron chi connectivity index (χ2n) is 2.43. The summed E-state index contributed by atoms with van der Waals surface area (Å²) in [4.78, 5) is 8.16. The SMILES string of the molecule is C/C=C\N=C(C)c1ccncc1. The molecular weight excluding hydrogens is 148 g/mol. The fourth-order valence-electron chi connectivity index (χ4n) is 0.854. The molecule has 0 saturated carbocycles. The summed E-state index contributed by atoms with van der Waals surface area (Å²) in [6.07, 6.45) is 7.23. The molecule has 1 rings (SSSR count).